The zero-order chi connectivity index (χ0) is 25.3. The average molecular weight is 513 g/mol. The van der Waals surface area contributed by atoms with Gasteiger partial charge < -0.3 is 29.4 Å². The van der Waals surface area contributed by atoms with Crippen molar-refractivity contribution in [1.29, 1.82) is 0 Å². The minimum Gasteiger partial charge on any atom is -0.497 e. The highest BCUT2D eigenvalue weighted by Gasteiger charge is 2.35. The number of benzene rings is 1. The van der Waals surface area contributed by atoms with E-state index in [0.29, 0.717) is 31.2 Å². The third kappa shape index (κ3) is 7.40. The van der Waals surface area contributed by atoms with Gasteiger partial charge in [0.2, 0.25) is 16.3 Å². The molecule has 1 aliphatic carbocycles. The molecule has 1 heterocycles. The summed E-state index contributed by atoms with van der Waals surface area (Å²) >= 11 is 0. The van der Waals surface area contributed by atoms with Gasteiger partial charge in [-0.2, -0.15) is 4.31 Å². The fourth-order valence-electron chi connectivity index (χ4n) is 4.14. The summed E-state index contributed by atoms with van der Waals surface area (Å²) in [5.41, 5.74) is 0. The normalized spacial score (nSPS) is 20.6. The van der Waals surface area contributed by atoms with Gasteiger partial charge in [0.1, 0.15) is 5.75 Å². The molecule has 0 spiro atoms. The highest BCUT2D eigenvalue weighted by atomic mass is 32.2. The van der Waals surface area contributed by atoms with E-state index in [4.69, 9.17) is 18.9 Å². The third-order valence-corrected chi connectivity index (χ3v) is 8.26. The van der Waals surface area contributed by atoms with E-state index < -0.39 is 16.3 Å². The number of methoxy groups -OCH3 is 2. The minimum absolute atomic E-state index is 0.0297. The van der Waals surface area contributed by atoms with Crippen LogP contribution in [0.2, 0.25) is 0 Å². The molecular formula is C24H36N2O8S. The molecule has 1 fully saturated rings. The van der Waals surface area contributed by atoms with Crippen LogP contribution in [0.1, 0.15) is 25.7 Å². The average Bonchev–Trinajstić information content (AvgIpc) is 2.82. The molecule has 0 saturated heterocycles. The molecule has 1 aromatic carbocycles. The van der Waals surface area contributed by atoms with Crippen LogP contribution < -0.4 is 10.1 Å². The second kappa shape index (κ2) is 13.2. The minimum atomic E-state index is -3.84. The van der Waals surface area contributed by atoms with Gasteiger partial charge in [-0.05, 0) is 55.0 Å². The van der Waals surface area contributed by atoms with Crippen molar-refractivity contribution in [2.45, 2.75) is 36.9 Å². The van der Waals surface area contributed by atoms with Crippen molar-refractivity contribution < 1.29 is 37.3 Å². The van der Waals surface area contributed by atoms with E-state index in [1.165, 1.54) is 30.0 Å². The standard InChI is InChI=1S/C24H36N2O8S/c1-31-14-10-25-24(28)22-16-19(18-4-3-5-18)17-23(34-22)33-15-12-26(11-13-27)35(29,30)21-8-6-20(32-2)7-9-21/h6-9,16,18-19,23,27H,3-5,10-15,17H2,1-2H3,(H,25,28)/t19-,23+/m1/s1. The Morgan fingerprint density at radius 3 is 2.51 bits per heavy atom. The maximum Gasteiger partial charge on any atom is 0.286 e. The van der Waals surface area contributed by atoms with Crippen molar-refractivity contribution in [3.63, 3.8) is 0 Å². The van der Waals surface area contributed by atoms with Crippen LogP contribution in [0.4, 0.5) is 0 Å². The van der Waals surface area contributed by atoms with E-state index in [1.54, 1.807) is 19.2 Å². The Bertz CT molecular complexity index is 947. The number of aliphatic hydroxyl groups is 1. The molecule has 0 unspecified atom stereocenters. The number of carbonyl (C=O) groups is 1. The quantitative estimate of drug-likeness (QED) is 0.360. The molecular weight excluding hydrogens is 476 g/mol. The lowest BCUT2D eigenvalue weighted by Crippen LogP contribution is -2.39. The molecule has 35 heavy (non-hydrogen) atoms. The Morgan fingerprint density at radius 2 is 1.91 bits per heavy atom. The fraction of sp³-hybridized carbons (Fsp3) is 0.625. The van der Waals surface area contributed by atoms with Gasteiger partial charge in [-0.3, -0.25) is 4.79 Å². The van der Waals surface area contributed by atoms with Crippen molar-refractivity contribution >= 4 is 15.9 Å². The highest BCUT2D eigenvalue weighted by Crippen LogP contribution is 2.39. The first-order chi connectivity index (χ1) is 16.9. The zero-order valence-corrected chi connectivity index (χ0v) is 21.2. The van der Waals surface area contributed by atoms with Gasteiger partial charge in [-0.1, -0.05) is 6.42 Å². The van der Waals surface area contributed by atoms with E-state index in [1.807, 2.05) is 6.08 Å². The summed E-state index contributed by atoms with van der Waals surface area (Å²) in [4.78, 5) is 12.7. The van der Waals surface area contributed by atoms with E-state index in [9.17, 15) is 18.3 Å². The van der Waals surface area contributed by atoms with Crippen LogP contribution in [-0.2, 0) is 29.0 Å². The molecule has 0 radical (unpaired) electrons. The van der Waals surface area contributed by atoms with Crippen molar-refractivity contribution in [3.8, 4) is 5.75 Å². The van der Waals surface area contributed by atoms with Crippen LogP contribution in [-0.4, -0.2) is 83.7 Å². The largest absolute Gasteiger partial charge is 0.497 e. The molecule has 1 amide bonds. The first-order valence-corrected chi connectivity index (χ1v) is 13.3. The molecule has 2 N–H and O–H groups in total. The summed E-state index contributed by atoms with van der Waals surface area (Å²) in [5.74, 6) is 1.12. The number of aliphatic hydroxyl groups excluding tert-OH is 1. The maximum absolute atomic E-state index is 13.1. The van der Waals surface area contributed by atoms with Gasteiger partial charge in [0.05, 0.1) is 31.8 Å². The summed E-state index contributed by atoms with van der Waals surface area (Å²) in [6.07, 6.45) is 5.22. The fourth-order valence-corrected chi connectivity index (χ4v) is 5.56. The molecule has 0 aromatic heterocycles. The van der Waals surface area contributed by atoms with E-state index in [-0.39, 0.29) is 48.8 Å². The molecule has 1 saturated carbocycles. The van der Waals surface area contributed by atoms with Gasteiger partial charge in [-0.15, -0.1) is 0 Å². The Hall–Kier alpha value is -2.18. The first kappa shape index (κ1) is 27.4. The number of sulfonamides is 1. The number of nitrogens with one attached hydrogen (secondary N) is 1. The van der Waals surface area contributed by atoms with E-state index in [0.717, 1.165) is 12.8 Å². The number of nitrogens with zero attached hydrogens (tertiary/aromatic N) is 1. The molecule has 0 bridgehead atoms. The summed E-state index contributed by atoms with van der Waals surface area (Å²) in [7, 11) is -0.769. The maximum atomic E-state index is 13.1. The number of hydrogen-bond donors (Lipinski definition) is 2. The monoisotopic (exact) mass is 512 g/mol. The lowest BCUT2D eigenvalue weighted by atomic mass is 9.73. The Morgan fingerprint density at radius 1 is 1.17 bits per heavy atom. The Balaban J connectivity index is 1.61. The van der Waals surface area contributed by atoms with Gasteiger partial charge in [0, 0.05) is 33.2 Å². The van der Waals surface area contributed by atoms with Crippen LogP contribution in [0, 0.1) is 11.8 Å². The molecule has 10 nitrogen and oxygen atoms in total. The van der Waals surface area contributed by atoms with Gasteiger partial charge >= 0.3 is 0 Å². The molecule has 1 aliphatic heterocycles. The molecule has 11 heteroatoms. The Labute approximate surface area is 207 Å². The zero-order valence-electron chi connectivity index (χ0n) is 20.4. The summed E-state index contributed by atoms with van der Waals surface area (Å²) in [6.45, 7) is 0.454. The number of allylic oxidation sites excluding steroid dienone is 1. The van der Waals surface area contributed by atoms with Gasteiger partial charge in [0.15, 0.2) is 5.76 Å². The first-order valence-electron chi connectivity index (χ1n) is 11.9. The number of ether oxygens (including phenoxy) is 4. The van der Waals surface area contributed by atoms with Crippen molar-refractivity contribution in [2.24, 2.45) is 11.8 Å². The number of amides is 1. The van der Waals surface area contributed by atoms with E-state index >= 15 is 0 Å². The van der Waals surface area contributed by atoms with E-state index in [2.05, 4.69) is 5.32 Å². The SMILES string of the molecule is COCCNC(=O)C1=C[C@@H](C2CCC2)C[C@@H](OCCN(CCO)S(=O)(=O)c2ccc(OC)cc2)O1. The van der Waals surface area contributed by atoms with Crippen molar-refractivity contribution in [2.75, 3.05) is 53.7 Å². The van der Waals surface area contributed by atoms with Crippen molar-refractivity contribution in [3.05, 3.63) is 36.1 Å². The van der Waals surface area contributed by atoms with Crippen LogP contribution in [0.5, 0.6) is 5.75 Å². The molecule has 1 aromatic rings. The number of carbonyl (C=O) groups excluding carboxylic acids is 1. The lowest BCUT2D eigenvalue weighted by molar-refractivity contribution is -0.152. The van der Waals surface area contributed by atoms with Crippen LogP contribution in [0.3, 0.4) is 0 Å². The molecule has 2 atom stereocenters. The Kier molecular flexibility index (Phi) is 10.4. The smallest absolute Gasteiger partial charge is 0.286 e. The van der Waals surface area contributed by atoms with Crippen LogP contribution in [0.25, 0.3) is 0 Å². The topological polar surface area (TPSA) is 124 Å². The highest BCUT2D eigenvalue weighted by molar-refractivity contribution is 7.89. The van der Waals surface area contributed by atoms with Gasteiger partial charge in [-0.25, -0.2) is 8.42 Å². The lowest BCUT2D eigenvalue weighted by Gasteiger charge is -2.37. The number of hydrogen-bond acceptors (Lipinski definition) is 8. The summed E-state index contributed by atoms with van der Waals surface area (Å²) in [6, 6.07) is 6.07. The third-order valence-electron chi connectivity index (χ3n) is 6.35. The summed E-state index contributed by atoms with van der Waals surface area (Å²) in [5, 5.41) is 12.2. The van der Waals surface area contributed by atoms with Crippen molar-refractivity contribution in [1.82, 2.24) is 9.62 Å². The van der Waals surface area contributed by atoms with Gasteiger partial charge in [0.25, 0.3) is 5.91 Å². The predicted molar refractivity (Wildman–Crippen MR) is 128 cm³/mol. The predicted octanol–water partition coefficient (Wildman–Crippen LogP) is 1.50. The molecule has 196 valence electrons. The number of rotatable bonds is 14. The molecule has 3 rings (SSSR count). The molecule has 2 aliphatic rings. The van der Waals surface area contributed by atoms with Crippen LogP contribution >= 0.6 is 0 Å². The van der Waals surface area contributed by atoms with Crippen LogP contribution in [0.15, 0.2) is 41.0 Å². The second-order valence-corrected chi connectivity index (χ2v) is 10.5. The summed E-state index contributed by atoms with van der Waals surface area (Å²) < 4.78 is 49.1. The second-order valence-electron chi connectivity index (χ2n) is 8.59.